The first-order chi connectivity index (χ1) is 8.16. The van der Waals surface area contributed by atoms with Gasteiger partial charge in [-0.3, -0.25) is 0 Å². The molecule has 88 valence electrons. The molecule has 0 aliphatic carbocycles. The van der Waals surface area contributed by atoms with E-state index >= 15 is 0 Å². The molecule has 0 atom stereocenters. The highest BCUT2D eigenvalue weighted by Crippen LogP contribution is 2.13. The largest absolute Gasteiger partial charge is 0.364 e. The molecule has 0 amide bonds. The van der Waals surface area contributed by atoms with Crippen LogP contribution >= 0.6 is 11.6 Å². The maximum Gasteiger partial charge on any atom is 0.163 e. The van der Waals surface area contributed by atoms with Gasteiger partial charge in [-0.15, -0.1) is 10.2 Å². The van der Waals surface area contributed by atoms with Gasteiger partial charge in [0.05, 0.1) is 0 Å². The minimum absolute atomic E-state index is 0.125. The minimum atomic E-state index is -0.869. The lowest BCUT2D eigenvalue weighted by molar-refractivity contribution is 0.500. The standard InChI is InChI=1S/C11H8ClF2N3/c12-9-4-5-10(17-16-9)15-6-7-2-1-3-8(13)11(7)14/h1-5H,6H2,(H,15,17). The van der Waals surface area contributed by atoms with Gasteiger partial charge in [0.2, 0.25) is 0 Å². The Morgan fingerprint density at radius 2 is 1.94 bits per heavy atom. The summed E-state index contributed by atoms with van der Waals surface area (Å²) in [5, 5.41) is 10.4. The lowest BCUT2D eigenvalue weighted by Crippen LogP contribution is -2.05. The number of hydrogen-bond acceptors (Lipinski definition) is 3. The molecule has 17 heavy (non-hydrogen) atoms. The number of nitrogens with one attached hydrogen (secondary N) is 1. The van der Waals surface area contributed by atoms with Crippen LogP contribution in [0.5, 0.6) is 0 Å². The summed E-state index contributed by atoms with van der Waals surface area (Å²) in [7, 11) is 0. The van der Waals surface area contributed by atoms with E-state index in [0.29, 0.717) is 5.82 Å². The van der Waals surface area contributed by atoms with Gasteiger partial charge in [-0.1, -0.05) is 23.7 Å². The quantitative estimate of drug-likeness (QED) is 0.916. The summed E-state index contributed by atoms with van der Waals surface area (Å²) in [5.41, 5.74) is 0.224. The van der Waals surface area contributed by atoms with Crippen molar-refractivity contribution in [3.63, 3.8) is 0 Å². The third kappa shape index (κ3) is 2.88. The van der Waals surface area contributed by atoms with E-state index in [1.165, 1.54) is 12.1 Å². The predicted octanol–water partition coefficient (Wildman–Crippen LogP) is 3.02. The summed E-state index contributed by atoms with van der Waals surface area (Å²) in [5.74, 6) is -1.29. The third-order valence-electron chi connectivity index (χ3n) is 2.12. The molecular weight excluding hydrogens is 248 g/mol. The lowest BCUT2D eigenvalue weighted by atomic mass is 10.2. The molecule has 2 rings (SSSR count). The maximum absolute atomic E-state index is 13.3. The van der Waals surface area contributed by atoms with E-state index in [2.05, 4.69) is 15.5 Å². The highest BCUT2D eigenvalue weighted by atomic mass is 35.5. The van der Waals surface area contributed by atoms with Crippen LogP contribution in [0.25, 0.3) is 0 Å². The smallest absolute Gasteiger partial charge is 0.163 e. The fourth-order valence-corrected chi connectivity index (χ4v) is 1.38. The van der Waals surface area contributed by atoms with Gasteiger partial charge in [-0.05, 0) is 18.2 Å². The second-order valence-corrected chi connectivity index (χ2v) is 3.70. The van der Waals surface area contributed by atoms with Crippen LogP contribution < -0.4 is 5.32 Å². The Bertz CT molecular complexity index is 517. The zero-order valence-electron chi connectivity index (χ0n) is 8.62. The molecule has 0 aliphatic heterocycles. The van der Waals surface area contributed by atoms with E-state index < -0.39 is 11.6 Å². The molecule has 0 bridgehead atoms. The van der Waals surface area contributed by atoms with E-state index in [0.717, 1.165) is 6.07 Å². The van der Waals surface area contributed by atoms with Gasteiger partial charge in [0, 0.05) is 12.1 Å². The Morgan fingerprint density at radius 1 is 1.12 bits per heavy atom. The van der Waals surface area contributed by atoms with Crippen molar-refractivity contribution in [2.24, 2.45) is 0 Å². The van der Waals surface area contributed by atoms with Crippen molar-refractivity contribution in [1.29, 1.82) is 0 Å². The first kappa shape index (κ1) is 11.7. The Kier molecular flexibility index (Phi) is 3.49. The third-order valence-corrected chi connectivity index (χ3v) is 2.33. The summed E-state index contributed by atoms with van der Waals surface area (Å²) >= 11 is 5.56. The van der Waals surface area contributed by atoms with Gasteiger partial charge >= 0.3 is 0 Å². The second kappa shape index (κ2) is 5.05. The first-order valence-corrected chi connectivity index (χ1v) is 5.20. The molecular formula is C11H8ClF2N3. The maximum atomic E-state index is 13.3. The number of hydrogen-bond donors (Lipinski definition) is 1. The Balaban J connectivity index is 2.07. The Labute approximate surface area is 101 Å². The zero-order valence-corrected chi connectivity index (χ0v) is 9.38. The second-order valence-electron chi connectivity index (χ2n) is 3.31. The van der Waals surface area contributed by atoms with E-state index in [1.807, 2.05) is 0 Å². The van der Waals surface area contributed by atoms with Gasteiger partial charge in [0.15, 0.2) is 16.8 Å². The van der Waals surface area contributed by atoms with Crippen LogP contribution in [-0.2, 0) is 6.54 Å². The number of rotatable bonds is 3. The number of aromatic nitrogens is 2. The zero-order chi connectivity index (χ0) is 12.3. The minimum Gasteiger partial charge on any atom is -0.364 e. The van der Waals surface area contributed by atoms with Gasteiger partial charge in [-0.2, -0.15) is 0 Å². The lowest BCUT2D eigenvalue weighted by Gasteiger charge is -2.06. The molecule has 1 aromatic heterocycles. The molecule has 6 heteroatoms. The van der Waals surface area contributed by atoms with Gasteiger partial charge in [-0.25, -0.2) is 8.78 Å². The topological polar surface area (TPSA) is 37.8 Å². The first-order valence-electron chi connectivity index (χ1n) is 4.83. The van der Waals surface area contributed by atoms with Crippen molar-refractivity contribution in [3.05, 3.63) is 52.7 Å². The molecule has 0 spiro atoms. The van der Waals surface area contributed by atoms with Crippen LogP contribution in [-0.4, -0.2) is 10.2 Å². The van der Waals surface area contributed by atoms with Crippen LogP contribution in [0.2, 0.25) is 5.15 Å². The molecule has 0 saturated heterocycles. The molecule has 0 unspecified atom stereocenters. The molecule has 0 saturated carbocycles. The van der Waals surface area contributed by atoms with Crippen molar-refractivity contribution < 1.29 is 8.78 Å². The SMILES string of the molecule is Fc1cccc(CNc2ccc(Cl)nn2)c1F. The monoisotopic (exact) mass is 255 g/mol. The van der Waals surface area contributed by atoms with Crippen LogP contribution in [0.1, 0.15) is 5.56 Å². The molecule has 1 aromatic carbocycles. The van der Waals surface area contributed by atoms with Crippen molar-refractivity contribution in [3.8, 4) is 0 Å². The number of nitrogens with zero attached hydrogens (tertiary/aromatic N) is 2. The highest BCUT2D eigenvalue weighted by Gasteiger charge is 2.07. The van der Waals surface area contributed by atoms with Crippen molar-refractivity contribution in [2.45, 2.75) is 6.54 Å². The van der Waals surface area contributed by atoms with E-state index in [9.17, 15) is 8.78 Å². The predicted molar refractivity (Wildman–Crippen MR) is 60.7 cm³/mol. The molecule has 2 aromatic rings. The van der Waals surface area contributed by atoms with Crippen LogP contribution in [0, 0.1) is 11.6 Å². The highest BCUT2D eigenvalue weighted by molar-refractivity contribution is 6.29. The molecule has 1 heterocycles. The summed E-state index contributed by atoms with van der Waals surface area (Å²) in [6.07, 6.45) is 0. The van der Waals surface area contributed by atoms with E-state index in [-0.39, 0.29) is 17.3 Å². The number of halogens is 3. The average molecular weight is 256 g/mol. The van der Waals surface area contributed by atoms with E-state index in [4.69, 9.17) is 11.6 Å². The molecule has 0 radical (unpaired) electrons. The summed E-state index contributed by atoms with van der Waals surface area (Å²) in [6, 6.07) is 7.17. The normalized spacial score (nSPS) is 10.3. The molecule has 3 nitrogen and oxygen atoms in total. The molecule has 0 aliphatic rings. The van der Waals surface area contributed by atoms with Gasteiger partial charge < -0.3 is 5.32 Å². The number of benzene rings is 1. The van der Waals surface area contributed by atoms with E-state index in [1.54, 1.807) is 12.1 Å². The van der Waals surface area contributed by atoms with Crippen LogP contribution in [0.3, 0.4) is 0 Å². The summed E-state index contributed by atoms with van der Waals surface area (Å²) < 4.78 is 26.2. The van der Waals surface area contributed by atoms with Gasteiger partial charge in [0.25, 0.3) is 0 Å². The van der Waals surface area contributed by atoms with Crippen molar-refractivity contribution >= 4 is 17.4 Å². The summed E-state index contributed by atoms with van der Waals surface area (Å²) in [6.45, 7) is 0.125. The fraction of sp³-hybridized carbons (Fsp3) is 0.0909. The van der Waals surface area contributed by atoms with Crippen molar-refractivity contribution in [2.75, 3.05) is 5.32 Å². The molecule has 0 fully saturated rings. The van der Waals surface area contributed by atoms with Gasteiger partial charge in [0.1, 0.15) is 5.82 Å². The van der Waals surface area contributed by atoms with Crippen LogP contribution in [0.15, 0.2) is 30.3 Å². The van der Waals surface area contributed by atoms with Crippen LogP contribution in [0.4, 0.5) is 14.6 Å². The number of anilines is 1. The Morgan fingerprint density at radius 3 is 2.65 bits per heavy atom. The average Bonchev–Trinajstić information content (AvgIpc) is 2.33. The van der Waals surface area contributed by atoms with Crippen molar-refractivity contribution in [1.82, 2.24) is 10.2 Å². The fourth-order valence-electron chi connectivity index (χ4n) is 1.28. The Hall–Kier alpha value is -1.75. The summed E-state index contributed by atoms with van der Waals surface area (Å²) in [4.78, 5) is 0. The molecule has 1 N–H and O–H groups in total.